The molecule has 0 saturated carbocycles. The van der Waals surface area contributed by atoms with Crippen molar-refractivity contribution in [3.05, 3.63) is 0 Å². The molecular weight excluding hydrogens is 120 g/mol. The Balaban J connectivity index is 2.96. The minimum atomic E-state index is -0.350. The molecule has 0 heterocycles. The van der Waals surface area contributed by atoms with Gasteiger partial charge in [-0.25, -0.2) is 0 Å². The van der Waals surface area contributed by atoms with Crippen LogP contribution in [0.25, 0.3) is 0 Å². The molecule has 54 valence electrons. The summed E-state index contributed by atoms with van der Waals surface area (Å²) in [6.45, 7) is 4.36. The standard InChI is InChI=1S/C6H12O3/c1-3-8-5-9-6(2)4-7/h4,6H,3,5H2,1-2H3. The summed E-state index contributed by atoms with van der Waals surface area (Å²) in [7, 11) is 0. The van der Waals surface area contributed by atoms with Crippen LogP contribution >= 0.6 is 0 Å². The third-order valence-electron chi connectivity index (χ3n) is 0.810. The van der Waals surface area contributed by atoms with Crippen LogP contribution in [0.15, 0.2) is 0 Å². The molecule has 0 fully saturated rings. The quantitative estimate of drug-likeness (QED) is 0.312. The lowest BCUT2D eigenvalue weighted by Gasteiger charge is -2.04. The van der Waals surface area contributed by atoms with Crippen molar-refractivity contribution in [2.75, 3.05) is 13.4 Å². The largest absolute Gasteiger partial charge is 0.356 e. The van der Waals surface area contributed by atoms with Gasteiger partial charge >= 0.3 is 0 Å². The first-order chi connectivity index (χ1) is 4.31. The Kier molecular flexibility index (Phi) is 5.46. The lowest BCUT2D eigenvalue weighted by molar-refractivity contribution is -0.127. The number of hydrogen-bond acceptors (Lipinski definition) is 3. The highest BCUT2D eigenvalue weighted by molar-refractivity contribution is 5.54. The van der Waals surface area contributed by atoms with E-state index in [1.54, 1.807) is 6.92 Å². The van der Waals surface area contributed by atoms with Crippen LogP contribution in [0, 0.1) is 0 Å². The van der Waals surface area contributed by atoms with Crippen molar-refractivity contribution in [2.45, 2.75) is 20.0 Å². The second-order valence-electron chi connectivity index (χ2n) is 1.62. The van der Waals surface area contributed by atoms with Crippen LogP contribution in [0.2, 0.25) is 0 Å². The Hall–Kier alpha value is -0.410. The van der Waals surface area contributed by atoms with Crippen molar-refractivity contribution >= 4 is 6.29 Å². The predicted molar refractivity (Wildman–Crippen MR) is 33.1 cm³/mol. The lowest BCUT2D eigenvalue weighted by atomic mass is 10.5. The molecule has 0 radical (unpaired) electrons. The summed E-state index contributed by atoms with van der Waals surface area (Å²) in [6, 6.07) is 0. The van der Waals surface area contributed by atoms with Crippen molar-refractivity contribution in [2.24, 2.45) is 0 Å². The number of carbonyl (C=O) groups excluding carboxylic acids is 1. The highest BCUT2D eigenvalue weighted by Gasteiger charge is 1.95. The maximum absolute atomic E-state index is 9.92. The minimum Gasteiger partial charge on any atom is -0.356 e. The molecule has 0 amide bonds. The average molecular weight is 132 g/mol. The topological polar surface area (TPSA) is 35.5 Å². The van der Waals surface area contributed by atoms with Crippen molar-refractivity contribution in [1.29, 1.82) is 0 Å². The van der Waals surface area contributed by atoms with Gasteiger partial charge in [0.05, 0.1) is 0 Å². The van der Waals surface area contributed by atoms with Gasteiger partial charge in [-0.15, -0.1) is 0 Å². The van der Waals surface area contributed by atoms with Crippen LogP contribution in [0.3, 0.4) is 0 Å². The minimum absolute atomic E-state index is 0.205. The molecule has 0 spiro atoms. The van der Waals surface area contributed by atoms with E-state index < -0.39 is 0 Å². The van der Waals surface area contributed by atoms with Gasteiger partial charge in [-0.1, -0.05) is 0 Å². The number of rotatable bonds is 5. The second-order valence-corrected chi connectivity index (χ2v) is 1.62. The molecule has 0 aliphatic rings. The maximum Gasteiger partial charge on any atom is 0.148 e. The molecule has 9 heavy (non-hydrogen) atoms. The normalized spacial score (nSPS) is 13.1. The fourth-order valence-electron chi connectivity index (χ4n) is 0.278. The third kappa shape index (κ3) is 5.46. The fraction of sp³-hybridized carbons (Fsp3) is 0.833. The van der Waals surface area contributed by atoms with Crippen molar-refractivity contribution in [1.82, 2.24) is 0 Å². The van der Waals surface area contributed by atoms with Crippen molar-refractivity contribution in [3.8, 4) is 0 Å². The van der Waals surface area contributed by atoms with E-state index in [9.17, 15) is 4.79 Å². The lowest BCUT2D eigenvalue weighted by Crippen LogP contribution is -2.11. The first-order valence-electron chi connectivity index (χ1n) is 2.96. The van der Waals surface area contributed by atoms with E-state index in [0.29, 0.717) is 6.61 Å². The number of ether oxygens (including phenoxy) is 2. The molecule has 0 N–H and O–H groups in total. The summed E-state index contributed by atoms with van der Waals surface area (Å²) in [5.74, 6) is 0. The third-order valence-corrected chi connectivity index (χ3v) is 0.810. The van der Waals surface area contributed by atoms with Crippen molar-refractivity contribution in [3.63, 3.8) is 0 Å². The predicted octanol–water partition coefficient (Wildman–Crippen LogP) is 0.584. The van der Waals surface area contributed by atoms with Crippen LogP contribution in [0.5, 0.6) is 0 Å². The summed E-state index contributed by atoms with van der Waals surface area (Å²) in [6.07, 6.45) is 0.385. The molecule has 0 aromatic rings. The number of carbonyl (C=O) groups is 1. The Bertz CT molecular complexity index is 72.7. The van der Waals surface area contributed by atoms with Gasteiger partial charge in [-0.2, -0.15) is 0 Å². The highest BCUT2D eigenvalue weighted by atomic mass is 16.7. The van der Waals surface area contributed by atoms with Gasteiger partial charge < -0.3 is 14.3 Å². The average Bonchev–Trinajstić information content (AvgIpc) is 1.89. The van der Waals surface area contributed by atoms with E-state index in [4.69, 9.17) is 9.47 Å². The monoisotopic (exact) mass is 132 g/mol. The van der Waals surface area contributed by atoms with E-state index in [1.165, 1.54) is 0 Å². The van der Waals surface area contributed by atoms with Crippen LogP contribution in [-0.4, -0.2) is 25.8 Å². The van der Waals surface area contributed by atoms with Crippen LogP contribution in [0.1, 0.15) is 13.8 Å². The van der Waals surface area contributed by atoms with Gasteiger partial charge in [0.25, 0.3) is 0 Å². The molecule has 1 atom stereocenters. The molecule has 3 nitrogen and oxygen atoms in total. The molecule has 3 heteroatoms. The second kappa shape index (κ2) is 5.72. The molecular formula is C6H12O3. The molecule has 0 saturated heterocycles. The number of hydrogen-bond donors (Lipinski definition) is 0. The van der Waals surface area contributed by atoms with Gasteiger partial charge in [0.2, 0.25) is 0 Å². The first-order valence-corrected chi connectivity index (χ1v) is 2.96. The van der Waals surface area contributed by atoms with Gasteiger partial charge in [0.1, 0.15) is 19.2 Å². The summed E-state index contributed by atoms with van der Waals surface area (Å²) >= 11 is 0. The van der Waals surface area contributed by atoms with E-state index in [2.05, 4.69) is 0 Å². The zero-order valence-electron chi connectivity index (χ0n) is 5.79. The summed E-state index contributed by atoms with van der Waals surface area (Å²) in [5.41, 5.74) is 0. The van der Waals surface area contributed by atoms with E-state index in [1.807, 2.05) is 6.92 Å². The van der Waals surface area contributed by atoms with E-state index >= 15 is 0 Å². The van der Waals surface area contributed by atoms with Crippen LogP contribution in [0.4, 0.5) is 0 Å². The summed E-state index contributed by atoms with van der Waals surface area (Å²) in [5, 5.41) is 0. The Morgan fingerprint density at radius 2 is 2.33 bits per heavy atom. The Labute approximate surface area is 55.0 Å². The molecule has 0 aliphatic heterocycles. The molecule has 0 rings (SSSR count). The van der Waals surface area contributed by atoms with Gasteiger partial charge in [-0.05, 0) is 13.8 Å². The SMILES string of the molecule is CCOCOC(C)C=O. The Morgan fingerprint density at radius 3 is 2.78 bits per heavy atom. The molecule has 0 bridgehead atoms. The number of aldehydes is 1. The van der Waals surface area contributed by atoms with Gasteiger partial charge in [0.15, 0.2) is 0 Å². The highest BCUT2D eigenvalue weighted by Crippen LogP contribution is 1.84. The van der Waals surface area contributed by atoms with Gasteiger partial charge in [0, 0.05) is 6.61 Å². The molecule has 0 aliphatic carbocycles. The van der Waals surface area contributed by atoms with Gasteiger partial charge in [-0.3, -0.25) is 0 Å². The Morgan fingerprint density at radius 1 is 1.67 bits per heavy atom. The summed E-state index contributed by atoms with van der Waals surface area (Å²) in [4.78, 5) is 9.92. The maximum atomic E-state index is 9.92. The zero-order valence-corrected chi connectivity index (χ0v) is 5.79. The molecule has 1 unspecified atom stereocenters. The van der Waals surface area contributed by atoms with Crippen molar-refractivity contribution < 1.29 is 14.3 Å². The zero-order chi connectivity index (χ0) is 7.11. The van der Waals surface area contributed by atoms with E-state index in [-0.39, 0.29) is 12.9 Å². The smallest absolute Gasteiger partial charge is 0.148 e. The molecule has 0 aromatic heterocycles. The van der Waals surface area contributed by atoms with Crippen LogP contribution in [-0.2, 0) is 14.3 Å². The van der Waals surface area contributed by atoms with Crippen LogP contribution < -0.4 is 0 Å². The molecule has 0 aromatic carbocycles. The van der Waals surface area contributed by atoms with E-state index in [0.717, 1.165) is 6.29 Å². The fourth-order valence-corrected chi connectivity index (χ4v) is 0.278. The summed E-state index contributed by atoms with van der Waals surface area (Å²) < 4.78 is 9.67. The first kappa shape index (κ1) is 8.59.